The number of hydrogen-bond donors (Lipinski definition) is 2. The first-order valence-electron chi connectivity index (χ1n) is 4.28. The molecular weight excluding hydrogens is 282 g/mol. The first kappa shape index (κ1) is 12.4. The van der Waals surface area contributed by atoms with Gasteiger partial charge < -0.3 is 5.73 Å². The average Bonchev–Trinajstić information content (AvgIpc) is 2.10. The number of aryl methyl sites for hydroxylation is 1. The lowest BCUT2D eigenvalue weighted by molar-refractivity contribution is 0.601. The maximum Gasteiger partial charge on any atom is 0.235 e. The van der Waals surface area contributed by atoms with Crippen LogP contribution in [0.1, 0.15) is 5.69 Å². The number of pyridine rings is 1. The van der Waals surface area contributed by atoms with Crippen LogP contribution in [0.15, 0.2) is 16.6 Å². The Hall–Kier alpha value is -0.660. The highest BCUT2D eigenvalue weighted by Crippen LogP contribution is 2.16. The van der Waals surface area contributed by atoms with Crippen LogP contribution >= 0.6 is 15.9 Å². The van der Waals surface area contributed by atoms with Crippen molar-refractivity contribution < 1.29 is 8.42 Å². The van der Waals surface area contributed by atoms with Gasteiger partial charge in [-0.2, -0.15) is 0 Å². The van der Waals surface area contributed by atoms with Gasteiger partial charge in [-0.15, -0.1) is 0 Å². The number of hydrogen-bond acceptors (Lipinski definition) is 4. The topological polar surface area (TPSA) is 85.1 Å². The zero-order chi connectivity index (χ0) is 11.5. The highest BCUT2D eigenvalue weighted by atomic mass is 79.9. The fourth-order valence-electron chi connectivity index (χ4n) is 0.966. The number of halogens is 1. The summed E-state index contributed by atoms with van der Waals surface area (Å²) in [5.41, 5.74) is 5.90. The van der Waals surface area contributed by atoms with Gasteiger partial charge in [0.25, 0.3) is 0 Å². The Kier molecular flexibility index (Phi) is 4.06. The molecule has 1 aromatic heterocycles. The summed E-state index contributed by atoms with van der Waals surface area (Å²) in [6.45, 7) is 1.87. The van der Waals surface area contributed by atoms with Crippen molar-refractivity contribution in [3.8, 4) is 0 Å². The second-order valence-corrected chi connectivity index (χ2v) is 5.67. The Morgan fingerprint density at radius 3 is 2.73 bits per heavy atom. The summed E-state index contributed by atoms with van der Waals surface area (Å²) in [6.07, 6.45) is 0. The first-order valence-corrected chi connectivity index (χ1v) is 6.73. The van der Waals surface area contributed by atoms with Gasteiger partial charge in [0, 0.05) is 11.0 Å². The molecule has 3 N–H and O–H groups in total. The van der Waals surface area contributed by atoms with Crippen molar-refractivity contribution in [3.05, 3.63) is 22.3 Å². The molecule has 0 bridgehead atoms. The summed E-state index contributed by atoms with van der Waals surface area (Å²) in [4.78, 5) is 4.06. The van der Waals surface area contributed by atoms with Gasteiger partial charge in [-0.05, 0) is 35.0 Å². The standard InChI is InChI=1S/C8H12BrN3O2S/c1-6-7(9)2-3-8(11-6)12-15(13,14)5-4-10/h2-3H,4-5,10H2,1H3,(H,11,12). The molecular formula is C8H12BrN3O2S. The van der Waals surface area contributed by atoms with E-state index in [-0.39, 0.29) is 12.3 Å². The zero-order valence-corrected chi connectivity index (χ0v) is 10.6. The van der Waals surface area contributed by atoms with Gasteiger partial charge >= 0.3 is 0 Å². The van der Waals surface area contributed by atoms with E-state index >= 15 is 0 Å². The van der Waals surface area contributed by atoms with Gasteiger partial charge in [0.2, 0.25) is 10.0 Å². The molecule has 0 fully saturated rings. The van der Waals surface area contributed by atoms with Crippen LogP contribution < -0.4 is 10.5 Å². The van der Waals surface area contributed by atoms with Crippen LogP contribution in [0.2, 0.25) is 0 Å². The highest BCUT2D eigenvalue weighted by Gasteiger charge is 2.10. The van der Waals surface area contributed by atoms with E-state index in [4.69, 9.17) is 5.73 Å². The summed E-state index contributed by atoms with van der Waals surface area (Å²) in [7, 11) is -3.37. The molecule has 1 heterocycles. The van der Waals surface area contributed by atoms with Gasteiger partial charge in [-0.1, -0.05) is 0 Å². The fourth-order valence-corrected chi connectivity index (χ4v) is 2.03. The van der Waals surface area contributed by atoms with Gasteiger partial charge in [0.15, 0.2) is 0 Å². The quantitative estimate of drug-likeness (QED) is 0.862. The lowest BCUT2D eigenvalue weighted by Gasteiger charge is -2.07. The average molecular weight is 294 g/mol. The molecule has 0 aromatic carbocycles. The third-order valence-electron chi connectivity index (χ3n) is 1.67. The van der Waals surface area contributed by atoms with E-state index in [1.165, 1.54) is 0 Å². The van der Waals surface area contributed by atoms with Crippen molar-refractivity contribution in [3.63, 3.8) is 0 Å². The van der Waals surface area contributed by atoms with E-state index in [2.05, 4.69) is 25.6 Å². The Bertz CT molecular complexity index is 447. The maximum absolute atomic E-state index is 11.4. The lowest BCUT2D eigenvalue weighted by atomic mass is 10.4. The van der Waals surface area contributed by atoms with Crippen LogP contribution in [-0.4, -0.2) is 25.7 Å². The smallest absolute Gasteiger partial charge is 0.235 e. The minimum Gasteiger partial charge on any atom is -0.329 e. The monoisotopic (exact) mass is 293 g/mol. The Morgan fingerprint density at radius 1 is 1.53 bits per heavy atom. The summed E-state index contributed by atoms with van der Waals surface area (Å²) in [5, 5.41) is 0. The van der Waals surface area contributed by atoms with Crippen LogP contribution in [-0.2, 0) is 10.0 Å². The van der Waals surface area contributed by atoms with Crippen LogP contribution in [0.3, 0.4) is 0 Å². The molecule has 1 rings (SSSR count). The normalized spacial score (nSPS) is 11.4. The summed E-state index contributed by atoms with van der Waals surface area (Å²) >= 11 is 3.28. The van der Waals surface area contributed by atoms with Crippen molar-refractivity contribution >= 4 is 31.8 Å². The van der Waals surface area contributed by atoms with E-state index < -0.39 is 10.0 Å². The summed E-state index contributed by atoms with van der Waals surface area (Å²) < 4.78 is 25.9. The minimum absolute atomic E-state index is 0.0881. The van der Waals surface area contributed by atoms with Gasteiger partial charge in [0.05, 0.1) is 11.4 Å². The van der Waals surface area contributed by atoms with Gasteiger partial charge in [-0.25, -0.2) is 13.4 Å². The molecule has 84 valence electrons. The van der Waals surface area contributed by atoms with Crippen molar-refractivity contribution in [2.75, 3.05) is 17.0 Å². The molecule has 1 aromatic rings. The zero-order valence-electron chi connectivity index (χ0n) is 8.20. The minimum atomic E-state index is -3.37. The van der Waals surface area contributed by atoms with E-state index in [1.54, 1.807) is 19.1 Å². The molecule has 0 spiro atoms. The molecule has 0 saturated carbocycles. The molecule has 0 unspecified atom stereocenters. The first-order chi connectivity index (χ1) is 6.94. The predicted octanol–water partition coefficient (Wildman–Crippen LogP) is 0.853. The molecule has 7 heteroatoms. The maximum atomic E-state index is 11.4. The molecule has 0 atom stereocenters. The molecule has 0 saturated heterocycles. The highest BCUT2D eigenvalue weighted by molar-refractivity contribution is 9.10. The summed E-state index contributed by atoms with van der Waals surface area (Å²) in [5.74, 6) is 0.202. The SMILES string of the molecule is Cc1nc(NS(=O)(=O)CCN)ccc1Br. The van der Waals surface area contributed by atoms with Gasteiger partial charge in [-0.3, -0.25) is 4.72 Å². The van der Waals surface area contributed by atoms with E-state index in [0.29, 0.717) is 5.82 Å². The number of nitrogens with one attached hydrogen (secondary N) is 1. The van der Waals surface area contributed by atoms with Crippen molar-refractivity contribution in [2.24, 2.45) is 5.73 Å². The van der Waals surface area contributed by atoms with Crippen LogP contribution in [0.4, 0.5) is 5.82 Å². The second-order valence-electron chi connectivity index (χ2n) is 2.97. The van der Waals surface area contributed by atoms with Crippen LogP contribution in [0, 0.1) is 6.92 Å². The number of rotatable bonds is 4. The molecule has 0 aliphatic carbocycles. The number of nitrogens with two attached hydrogens (primary N) is 1. The number of nitrogens with zero attached hydrogens (tertiary/aromatic N) is 1. The lowest BCUT2D eigenvalue weighted by Crippen LogP contribution is -2.22. The Balaban J connectivity index is 2.86. The van der Waals surface area contributed by atoms with E-state index in [0.717, 1.165) is 10.2 Å². The Morgan fingerprint density at radius 2 is 2.20 bits per heavy atom. The largest absolute Gasteiger partial charge is 0.329 e. The molecule has 0 aliphatic rings. The number of aromatic nitrogens is 1. The summed E-state index contributed by atoms with van der Waals surface area (Å²) in [6, 6.07) is 3.33. The third-order valence-corrected chi connectivity index (χ3v) is 3.80. The van der Waals surface area contributed by atoms with Crippen molar-refractivity contribution in [1.82, 2.24) is 4.98 Å². The van der Waals surface area contributed by atoms with E-state index in [9.17, 15) is 8.42 Å². The van der Waals surface area contributed by atoms with Crippen molar-refractivity contribution in [2.45, 2.75) is 6.92 Å². The third kappa shape index (κ3) is 3.77. The molecule has 0 radical (unpaired) electrons. The molecule has 0 aliphatic heterocycles. The van der Waals surface area contributed by atoms with E-state index in [1.807, 2.05) is 0 Å². The number of sulfonamides is 1. The van der Waals surface area contributed by atoms with Crippen LogP contribution in [0.25, 0.3) is 0 Å². The number of anilines is 1. The second kappa shape index (κ2) is 4.91. The Labute approximate surface area is 97.3 Å². The molecule has 5 nitrogen and oxygen atoms in total. The van der Waals surface area contributed by atoms with Crippen molar-refractivity contribution in [1.29, 1.82) is 0 Å². The predicted molar refractivity (Wildman–Crippen MR) is 63.1 cm³/mol. The molecule has 0 amide bonds. The molecule has 15 heavy (non-hydrogen) atoms. The van der Waals surface area contributed by atoms with Gasteiger partial charge in [0.1, 0.15) is 5.82 Å². The van der Waals surface area contributed by atoms with Crippen LogP contribution in [0.5, 0.6) is 0 Å². The fraction of sp³-hybridized carbons (Fsp3) is 0.375.